The third-order valence-corrected chi connectivity index (χ3v) is 7.28. The largest absolute Gasteiger partial charge is 0.487 e. The van der Waals surface area contributed by atoms with Crippen LogP contribution in [0.4, 0.5) is 0 Å². The van der Waals surface area contributed by atoms with Crippen LogP contribution in [-0.4, -0.2) is 43.8 Å². The smallest absolute Gasteiger partial charge is 0.306 e. The van der Waals surface area contributed by atoms with E-state index in [2.05, 4.69) is 76.5 Å². The van der Waals surface area contributed by atoms with Gasteiger partial charge in [-0.1, -0.05) is 108 Å². The molecular weight excluding hydrogens is 470 g/mol. The summed E-state index contributed by atoms with van der Waals surface area (Å²) in [5, 5.41) is 0. The Labute approximate surface area is 233 Å². The fraction of sp³-hybridized carbons (Fsp3) is 0.618. The predicted molar refractivity (Wildman–Crippen MR) is 159 cm³/mol. The lowest BCUT2D eigenvalue weighted by atomic mass is 10.0. The standard InChI is InChI=1S/C34H54NO3/c1-5-7-8-9-10-11-12-13-15-19-30-23-25-33(26-24-30)38-32(6-2)29-37-34(36)22-18-27-35(3,4)28-31-20-16-14-17-21-31/h14,16-17,20-21,23-26,32H,5-13,15,18-19,22,27-29H2,1-4H3/q+1. The molecule has 0 aromatic heterocycles. The van der Waals surface area contributed by atoms with Crippen LogP contribution in [0, 0.1) is 0 Å². The third-order valence-electron chi connectivity index (χ3n) is 7.28. The van der Waals surface area contributed by atoms with Gasteiger partial charge in [-0.05, 0) is 37.0 Å². The molecule has 4 nitrogen and oxygen atoms in total. The zero-order valence-electron chi connectivity index (χ0n) is 24.8. The van der Waals surface area contributed by atoms with Gasteiger partial charge in [-0.15, -0.1) is 0 Å². The fourth-order valence-electron chi connectivity index (χ4n) is 4.87. The molecule has 1 unspecified atom stereocenters. The Morgan fingerprint density at radius 3 is 2.03 bits per heavy atom. The molecule has 1 atom stereocenters. The highest BCUT2D eigenvalue weighted by Crippen LogP contribution is 2.18. The van der Waals surface area contributed by atoms with E-state index in [0.717, 1.165) is 42.6 Å². The molecule has 0 saturated carbocycles. The van der Waals surface area contributed by atoms with E-state index in [9.17, 15) is 4.79 Å². The molecule has 0 radical (unpaired) electrons. The number of carbonyl (C=O) groups is 1. The van der Waals surface area contributed by atoms with Gasteiger partial charge in [0.25, 0.3) is 0 Å². The summed E-state index contributed by atoms with van der Waals surface area (Å²) in [6.45, 7) is 6.54. The molecule has 0 heterocycles. The van der Waals surface area contributed by atoms with Crippen molar-refractivity contribution in [1.29, 1.82) is 0 Å². The van der Waals surface area contributed by atoms with Crippen molar-refractivity contribution in [1.82, 2.24) is 0 Å². The van der Waals surface area contributed by atoms with Gasteiger partial charge in [0.05, 0.1) is 27.1 Å². The highest BCUT2D eigenvalue weighted by Gasteiger charge is 2.17. The van der Waals surface area contributed by atoms with Crippen LogP contribution in [0.5, 0.6) is 5.75 Å². The van der Waals surface area contributed by atoms with Crippen LogP contribution in [0.25, 0.3) is 0 Å². The number of carbonyl (C=O) groups excluding carboxylic acids is 1. The first-order valence-electron chi connectivity index (χ1n) is 15.2. The van der Waals surface area contributed by atoms with Gasteiger partial charge in [0.1, 0.15) is 25.0 Å². The number of unbranched alkanes of at least 4 members (excludes halogenated alkanes) is 8. The lowest BCUT2D eigenvalue weighted by Crippen LogP contribution is -2.39. The SMILES string of the molecule is CCCCCCCCCCCc1ccc(OC(CC)COC(=O)CCC[N+](C)(C)Cc2ccccc2)cc1. The Morgan fingerprint density at radius 1 is 0.763 bits per heavy atom. The van der Waals surface area contributed by atoms with Crippen LogP contribution >= 0.6 is 0 Å². The molecular formula is C34H54NO3+. The van der Waals surface area contributed by atoms with Gasteiger partial charge < -0.3 is 14.0 Å². The zero-order chi connectivity index (χ0) is 27.5. The number of hydrogen-bond donors (Lipinski definition) is 0. The predicted octanol–water partition coefficient (Wildman–Crippen LogP) is 8.52. The van der Waals surface area contributed by atoms with Crippen LogP contribution in [0.1, 0.15) is 102 Å². The second-order valence-electron chi connectivity index (χ2n) is 11.5. The van der Waals surface area contributed by atoms with E-state index in [1.807, 2.05) is 6.07 Å². The first-order valence-corrected chi connectivity index (χ1v) is 15.2. The van der Waals surface area contributed by atoms with Crippen molar-refractivity contribution in [2.75, 3.05) is 27.2 Å². The molecule has 2 aromatic rings. The molecule has 0 N–H and O–H groups in total. The molecule has 0 amide bonds. The van der Waals surface area contributed by atoms with E-state index < -0.39 is 0 Å². The monoisotopic (exact) mass is 524 g/mol. The first kappa shape index (κ1) is 31.9. The van der Waals surface area contributed by atoms with Crippen LogP contribution in [0.15, 0.2) is 54.6 Å². The maximum Gasteiger partial charge on any atom is 0.306 e. The van der Waals surface area contributed by atoms with Crippen LogP contribution in [0.2, 0.25) is 0 Å². The number of rotatable bonds is 21. The van der Waals surface area contributed by atoms with E-state index in [4.69, 9.17) is 9.47 Å². The van der Waals surface area contributed by atoms with E-state index >= 15 is 0 Å². The van der Waals surface area contributed by atoms with Gasteiger partial charge in [0.15, 0.2) is 0 Å². The molecule has 0 fully saturated rings. The zero-order valence-corrected chi connectivity index (χ0v) is 24.8. The van der Waals surface area contributed by atoms with Gasteiger partial charge in [-0.25, -0.2) is 0 Å². The average molecular weight is 525 g/mol. The third kappa shape index (κ3) is 14.6. The summed E-state index contributed by atoms with van der Waals surface area (Å²) in [6.07, 6.45) is 15.3. The minimum atomic E-state index is -0.136. The molecule has 0 aliphatic heterocycles. The number of ether oxygens (including phenoxy) is 2. The molecule has 4 heteroatoms. The van der Waals surface area contributed by atoms with Crippen molar-refractivity contribution in [3.63, 3.8) is 0 Å². The lowest BCUT2D eigenvalue weighted by molar-refractivity contribution is -0.903. The molecule has 0 aliphatic carbocycles. The maximum absolute atomic E-state index is 12.3. The molecule has 212 valence electrons. The summed E-state index contributed by atoms with van der Waals surface area (Å²) in [7, 11) is 4.42. The van der Waals surface area contributed by atoms with Crippen LogP contribution < -0.4 is 4.74 Å². The topological polar surface area (TPSA) is 35.5 Å². The Hall–Kier alpha value is -2.33. The van der Waals surface area contributed by atoms with E-state index in [1.54, 1.807) is 0 Å². The molecule has 0 aliphatic rings. The van der Waals surface area contributed by atoms with Gasteiger partial charge in [-0.3, -0.25) is 4.79 Å². The Bertz CT molecular complexity index is 863. The van der Waals surface area contributed by atoms with E-state index in [1.165, 1.54) is 68.9 Å². The second kappa shape index (κ2) is 18.8. The quantitative estimate of drug-likeness (QED) is 0.0932. The van der Waals surface area contributed by atoms with Gasteiger partial charge in [0, 0.05) is 12.0 Å². The van der Waals surface area contributed by atoms with Crippen molar-refractivity contribution in [3.05, 3.63) is 65.7 Å². The summed E-state index contributed by atoms with van der Waals surface area (Å²) >= 11 is 0. The van der Waals surface area contributed by atoms with Gasteiger partial charge in [0.2, 0.25) is 0 Å². The molecule has 2 aromatic carbocycles. The average Bonchev–Trinajstić information content (AvgIpc) is 2.91. The minimum Gasteiger partial charge on any atom is -0.487 e. The Balaban J connectivity index is 1.59. The van der Waals surface area contributed by atoms with Crippen molar-refractivity contribution in [2.45, 2.75) is 110 Å². The summed E-state index contributed by atoms with van der Waals surface area (Å²) in [4.78, 5) is 12.3. The van der Waals surface area contributed by atoms with Crippen molar-refractivity contribution in [2.24, 2.45) is 0 Å². The van der Waals surface area contributed by atoms with E-state index in [-0.39, 0.29) is 12.1 Å². The maximum atomic E-state index is 12.3. The van der Waals surface area contributed by atoms with E-state index in [0.29, 0.717) is 13.0 Å². The highest BCUT2D eigenvalue weighted by atomic mass is 16.6. The normalized spacial score (nSPS) is 12.3. The summed E-state index contributed by atoms with van der Waals surface area (Å²) in [5.74, 6) is 0.715. The lowest BCUT2D eigenvalue weighted by Gasteiger charge is -2.29. The Morgan fingerprint density at radius 2 is 1.39 bits per heavy atom. The Kier molecular flexibility index (Phi) is 15.8. The number of hydrogen-bond acceptors (Lipinski definition) is 3. The molecule has 38 heavy (non-hydrogen) atoms. The second-order valence-corrected chi connectivity index (χ2v) is 11.5. The molecule has 0 saturated heterocycles. The molecule has 0 bridgehead atoms. The summed E-state index contributed by atoms with van der Waals surface area (Å²) in [5.41, 5.74) is 2.69. The molecule has 0 spiro atoms. The number of aryl methyl sites for hydroxylation is 1. The number of esters is 1. The van der Waals surface area contributed by atoms with Gasteiger partial charge >= 0.3 is 5.97 Å². The van der Waals surface area contributed by atoms with Crippen molar-refractivity contribution in [3.8, 4) is 5.75 Å². The summed E-state index contributed by atoms with van der Waals surface area (Å²) < 4.78 is 12.5. The van der Waals surface area contributed by atoms with Crippen molar-refractivity contribution < 1.29 is 18.8 Å². The number of quaternary nitrogens is 1. The van der Waals surface area contributed by atoms with Gasteiger partial charge in [-0.2, -0.15) is 0 Å². The number of nitrogens with zero attached hydrogens (tertiary/aromatic N) is 1. The van der Waals surface area contributed by atoms with Crippen LogP contribution in [0.3, 0.4) is 0 Å². The fourth-order valence-corrected chi connectivity index (χ4v) is 4.87. The minimum absolute atomic E-state index is 0.118. The van der Waals surface area contributed by atoms with Crippen molar-refractivity contribution >= 4 is 5.97 Å². The first-order chi connectivity index (χ1) is 18.4. The van der Waals surface area contributed by atoms with Crippen LogP contribution in [-0.2, 0) is 22.5 Å². The summed E-state index contributed by atoms with van der Waals surface area (Å²) in [6, 6.07) is 19.0. The highest BCUT2D eigenvalue weighted by molar-refractivity contribution is 5.69. The number of benzene rings is 2. The molecule has 2 rings (SSSR count).